The van der Waals surface area contributed by atoms with Crippen molar-refractivity contribution in [1.29, 1.82) is 0 Å². The summed E-state index contributed by atoms with van der Waals surface area (Å²) in [4.78, 5) is 25.8. The second kappa shape index (κ2) is 7.42. The molecule has 2 heterocycles. The lowest BCUT2D eigenvalue weighted by atomic mass is 10.1. The molecule has 2 amide bonds. The molecule has 3 rings (SSSR count). The first-order valence-electron chi connectivity index (χ1n) is 8.47. The Morgan fingerprint density at radius 3 is 2.81 bits per heavy atom. The van der Waals surface area contributed by atoms with Gasteiger partial charge >= 0.3 is 6.18 Å². The van der Waals surface area contributed by atoms with Crippen LogP contribution in [-0.4, -0.2) is 34.5 Å². The van der Waals surface area contributed by atoms with E-state index in [-0.39, 0.29) is 31.0 Å². The minimum absolute atomic E-state index is 0.0256. The average molecular weight is 381 g/mol. The van der Waals surface area contributed by atoms with E-state index in [1.54, 1.807) is 0 Å². The third-order valence-corrected chi connectivity index (χ3v) is 4.44. The molecule has 1 fully saturated rings. The van der Waals surface area contributed by atoms with Crippen LogP contribution in [-0.2, 0) is 23.9 Å². The Morgan fingerprint density at radius 1 is 1.37 bits per heavy atom. The Morgan fingerprint density at radius 2 is 2.11 bits per heavy atom. The number of amides is 2. The van der Waals surface area contributed by atoms with Gasteiger partial charge < -0.3 is 14.7 Å². The highest BCUT2D eigenvalue weighted by molar-refractivity contribution is 5.95. The van der Waals surface area contributed by atoms with E-state index < -0.39 is 23.7 Å². The van der Waals surface area contributed by atoms with Crippen LogP contribution in [0.5, 0.6) is 0 Å². The number of hydrogen-bond acceptors (Lipinski definition) is 4. The van der Waals surface area contributed by atoms with Crippen LogP contribution in [0.15, 0.2) is 35.0 Å². The first-order chi connectivity index (χ1) is 12.8. The highest BCUT2D eigenvalue weighted by atomic mass is 19.4. The molecular formula is C18H18F3N3O3. The van der Waals surface area contributed by atoms with Gasteiger partial charge in [0, 0.05) is 25.9 Å². The van der Waals surface area contributed by atoms with E-state index in [9.17, 15) is 22.8 Å². The van der Waals surface area contributed by atoms with Crippen molar-refractivity contribution in [2.75, 3.05) is 6.54 Å². The Kier molecular flexibility index (Phi) is 5.20. The molecule has 1 N–H and O–H groups in total. The highest BCUT2D eigenvalue weighted by Gasteiger charge is 2.36. The molecule has 144 valence electrons. The molecule has 0 bridgehead atoms. The minimum Gasteiger partial charge on any atom is -0.361 e. The van der Waals surface area contributed by atoms with E-state index in [4.69, 9.17) is 4.52 Å². The Hall–Kier alpha value is -2.84. The SMILES string of the molecule is CCc1oncc1C(=O)N[C@@H]1CC(=O)N(Cc2ccccc2C(F)(F)F)C1. The first kappa shape index (κ1) is 18.9. The number of benzene rings is 1. The highest BCUT2D eigenvalue weighted by Crippen LogP contribution is 2.32. The molecule has 6 nitrogen and oxygen atoms in total. The van der Waals surface area contributed by atoms with Gasteiger partial charge in [0.1, 0.15) is 11.3 Å². The molecule has 0 radical (unpaired) electrons. The van der Waals surface area contributed by atoms with Gasteiger partial charge in [-0.15, -0.1) is 0 Å². The van der Waals surface area contributed by atoms with Gasteiger partial charge in [0.15, 0.2) is 0 Å². The van der Waals surface area contributed by atoms with Crippen LogP contribution < -0.4 is 5.32 Å². The van der Waals surface area contributed by atoms with Gasteiger partial charge in [-0.1, -0.05) is 30.3 Å². The first-order valence-corrected chi connectivity index (χ1v) is 8.47. The summed E-state index contributed by atoms with van der Waals surface area (Å²) in [6.07, 6.45) is -2.65. The molecule has 2 aromatic rings. The standard InChI is InChI=1S/C18H18F3N3O3/c1-2-15-13(8-22-27-15)17(26)23-12-7-16(25)24(10-12)9-11-5-3-4-6-14(11)18(19,20)21/h3-6,8,12H,2,7,9-10H2,1H3,(H,23,26)/t12-/m1/s1. The summed E-state index contributed by atoms with van der Waals surface area (Å²) >= 11 is 0. The van der Waals surface area contributed by atoms with E-state index in [0.717, 1.165) is 6.07 Å². The second-order valence-electron chi connectivity index (χ2n) is 6.32. The lowest BCUT2D eigenvalue weighted by molar-refractivity contribution is -0.139. The topological polar surface area (TPSA) is 75.4 Å². The van der Waals surface area contributed by atoms with Gasteiger partial charge in [-0.05, 0) is 11.6 Å². The van der Waals surface area contributed by atoms with Crippen molar-refractivity contribution in [2.24, 2.45) is 0 Å². The fourth-order valence-electron chi connectivity index (χ4n) is 3.13. The molecule has 9 heteroatoms. The summed E-state index contributed by atoms with van der Waals surface area (Å²) < 4.78 is 44.3. The summed E-state index contributed by atoms with van der Waals surface area (Å²) in [5.41, 5.74) is -0.439. The van der Waals surface area contributed by atoms with Crippen molar-refractivity contribution in [3.63, 3.8) is 0 Å². The monoisotopic (exact) mass is 381 g/mol. The fraction of sp³-hybridized carbons (Fsp3) is 0.389. The Balaban J connectivity index is 1.67. The van der Waals surface area contributed by atoms with Gasteiger partial charge in [-0.2, -0.15) is 13.2 Å². The zero-order valence-corrected chi connectivity index (χ0v) is 14.5. The predicted octanol–water partition coefficient (Wildman–Crippen LogP) is 2.79. The summed E-state index contributed by atoms with van der Waals surface area (Å²) in [6.45, 7) is 1.80. The maximum atomic E-state index is 13.1. The number of halogens is 3. The van der Waals surface area contributed by atoms with Gasteiger partial charge in [0.05, 0.1) is 17.8 Å². The normalized spacial score (nSPS) is 17.4. The quantitative estimate of drug-likeness (QED) is 0.864. The predicted molar refractivity (Wildman–Crippen MR) is 88.6 cm³/mol. The van der Waals surface area contributed by atoms with Crippen molar-refractivity contribution >= 4 is 11.8 Å². The largest absolute Gasteiger partial charge is 0.416 e. The molecule has 1 atom stereocenters. The maximum Gasteiger partial charge on any atom is 0.416 e. The van der Waals surface area contributed by atoms with Crippen molar-refractivity contribution in [3.05, 3.63) is 52.9 Å². The third kappa shape index (κ3) is 4.12. The molecule has 1 saturated heterocycles. The van der Waals surface area contributed by atoms with Gasteiger partial charge in [0.25, 0.3) is 5.91 Å². The van der Waals surface area contributed by atoms with Gasteiger partial charge in [0.2, 0.25) is 5.91 Å². The zero-order chi connectivity index (χ0) is 19.6. The number of aromatic nitrogens is 1. The summed E-state index contributed by atoms with van der Waals surface area (Å²) in [6, 6.07) is 4.68. The average Bonchev–Trinajstić information content (AvgIpc) is 3.21. The molecule has 0 saturated carbocycles. The molecule has 1 aromatic carbocycles. The number of carbonyl (C=O) groups is 2. The van der Waals surface area contributed by atoms with E-state index in [1.807, 2.05) is 6.92 Å². The van der Waals surface area contributed by atoms with Crippen molar-refractivity contribution in [1.82, 2.24) is 15.4 Å². The van der Waals surface area contributed by atoms with Crippen LogP contribution in [0.4, 0.5) is 13.2 Å². The fourth-order valence-corrected chi connectivity index (χ4v) is 3.13. The molecule has 0 spiro atoms. The molecule has 1 aliphatic rings. The molecular weight excluding hydrogens is 363 g/mol. The lowest BCUT2D eigenvalue weighted by Gasteiger charge is -2.20. The molecule has 1 aromatic heterocycles. The third-order valence-electron chi connectivity index (χ3n) is 4.44. The maximum absolute atomic E-state index is 13.1. The molecule has 1 aliphatic heterocycles. The molecule has 27 heavy (non-hydrogen) atoms. The van der Waals surface area contributed by atoms with Crippen LogP contribution in [0.1, 0.15) is 40.6 Å². The number of likely N-dealkylation sites (tertiary alicyclic amines) is 1. The molecule has 0 unspecified atom stereocenters. The minimum atomic E-state index is -4.49. The van der Waals surface area contributed by atoms with E-state index in [1.165, 1.54) is 29.3 Å². The smallest absolute Gasteiger partial charge is 0.361 e. The van der Waals surface area contributed by atoms with E-state index >= 15 is 0 Å². The van der Waals surface area contributed by atoms with Crippen LogP contribution in [0, 0.1) is 0 Å². The number of rotatable bonds is 5. The number of nitrogens with zero attached hydrogens (tertiary/aromatic N) is 2. The Bertz CT molecular complexity index is 848. The Labute approximate surface area is 153 Å². The van der Waals surface area contributed by atoms with Crippen LogP contribution >= 0.6 is 0 Å². The second-order valence-corrected chi connectivity index (χ2v) is 6.32. The van der Waals surface area contributed by atoms with Crippen LogP contribution in [0.25, 0.3) is 0 Å². The van der Waals surface area contributed by atoms with Crippen LogP contribution in [0.2, 0.25) is 0 Å². The van der Waals surface area contributed by atoms with E-state index in [2.05, 4.69) is 10.5 Å². The lowest BCUT2D eigenvalue weighted by Crippen LogP contribution is -2.37. The van der Waals surface area contributed by atoms with Crippen LogP contribution in [0.3, 0.4) is 0 Å². The van der Waals surface area contributed by atoms with Gasteiger partial charge in [-0.3, -0.25) is 9.59 Å². The number of carbonyl (C=O) groups excluding carboxylic acids is 2. The van der Waals surface area contributed by atoms with Gasteiger partial charge in [-0.25, -0.2) is 0 Å². The van der Waals surface area contributed by atoms with Crippen molar-refractivity contribution in [3.8, 4) is 0 Å². The molecule has 0 aliphatic carbocycles. The van der Waals surface area contributed by atoms with Crippen molar-refractivity contribution in [2.45, 2.75) is 38.5 Å². The summed E-state index contributed by atoms with van der Waals surface area (Å²) in [5.74, 6) is -0.283. The number of hydrogen-bond donors (Lipinski definition) is 1. The number of aryl methyl sites for hydroxylation is 1. The summed E-state index contributed by atoms with van der Waals surface area (Å²) in [5, 5.41) is 6.31. The number of nitrogens with one attached hydrogen (secondary N) is 1. The van der Waals surface area contributed by atoms with Crippen molar-refractivity contribution < 1.29 is 27.3 Å². The zero-order valence-electron chi connectivity index (χ0n) is 14.5. The van der Waals surface area contributed by atoms with E-state index in [0.29, 0.717) is 17.7 Å². The summed E-state index contributed by atoms with van der Waals surface area (Å²) in [7, 11) is 0. The number of alkyl halides is 3.